The largest absolute Gasteiger partial charge is 0.497 e. The van der Waals surface area contributed by atoms with Crippen LogP contribution in [0.5, 0.6) is 5.75 Å². The number of nitrogens with one attached hydrogen (secondary N) is 2. The number of sulfonamides is 1. The van der Waals surface area contributed by atoms with E-state index in [1.165, 1.54) is 37.4 Å². The van der Waals surface area contributed by atoms with Gasteiger partial charge in [0.25, 0.3) is 15.9 Å². The predicted molar refractivity (Wildman–Crippen MR) is 102 cm³/mol. The molecule has 0 aliphatic carbocycles. The van der Waals surface area contributed by atoms with Gasteiger partial charge in [0.05, 0.1) is 28.3 Å². The van der Waals surface area contributed by atoms with Crippen molar-refractivity contribution in [2.24, 2.45) is 0 Å². The Morgan fingerprint density at radius 3 is 2.38 bits per heavy atom. The van der Waals surface area contributed by atoms with Crippen molar-refractivity contribution in [2.75, 3.05) is 11.8 Å². The number of carbonyl (C=O) groups is 1. The lowest BCUT2D eigenvalue weighted by Crippen LogP contribution is -2.32. The smallest absolute Gasteiger partial charge is 0.261 e. The molecule has 1 amide bonds. The molecule has 140 valence electrons. The molecule has 0 saturated heterocycles. The van der Waals surface area contributed by atoms with E-state index in [-0.39, 0.29) is 27.6 Å². The lowest BCUT2D eigenvalue weighted by Gasteiger charge is -2.13. The van der Waals surface area contributed by atoms with Crippen LogP contribution < -0.4 is 14.8 Å². The monoisotopic (exact) mass is 396 g/mol. The third-order valence-electron chi connectivity index (χ3n) is 3.83. The number of anilines is 1. The SMILES string of the molecule is CCC(C)NC(=O)c1ccc(NS(=O)(=O)c2ccc(OC)cc2)cc1Cl. The fourth-order valence-electron chi connectivity index (χ4n) is 2.14. The third-order valence-corrected chi connectivity index (χ3v) is 5.54. The van der Waals surface area contributed by atoms with Gasteiger partial charge < -0.3 is 10.1 Å². The average Bonchev–Trinajstić information content (AvgIpc) is 2.61. The van der Waals surface area contributed by atoms with Crippen molar-refractivity contribution < 1.29 is 17.9 Å². The van der Waals surface area contributed by atoms with Gasteiger partial charge in [-0.25, -0.2) is 8.42 Å². The second-order valence-electron chi connectivity index (χ2n) is 5.76. The van der Waals surface area contributed by atoms with Crippen molar-refractivity contribution in [3.05, 3.63) is 53.1 Å². The minimum atomic E-state index is -3.78. The molecule has 1 atom stereocenters. The maximum Gasteiger partial charge on any atom is 0.261 e. The highest BCUT2D eigenvalue weighted by molar-refractivity contribution is 7.92. The fourth-order valence-corrected chi connectivity index (χ4v) is 3.45. The third kappa shape index (κ3) is 4.89. The summed E-state index contributed by atoms with van der Waals surface area (Å²) in [7, 11) is -2.27. The normalized spacial score (nSPS) is 12.3. The molecule has 0 heterocycles. The Morgan fingerprint density at radius 1 is 1.19 bits per heavy atom. The van der Waals surface area contributed by atoms with Gasteiger partial charge >= 0.3 is 0 Å². The molecule has 1 unspecified atom stereocenters. The lowest BCUT2D eigenvalue weighted by molar-refractivity contribution is 0.0939. The predicted octanol–water partition coefficient (Wildman–Crippen LogP) is 3.68. The zero-order valence-electron chi connectivity index (χ0n) is 14.7. The van der Waals surface area contributed by atoms with Crippen LogP contribution in [0.1, 0.15) is 30.6 Å². The number of amides is 1. The molecular weight excluding hydrogens is 376 g/mol. The molecule has 0 aromatic heterocycles. The highest BCUT2D eigenvalue weighted by Crippen LogP contribution is 2.24. The fraction of sp³-hybridized carbons (Fsp3) is 0.278. The van der Waals surface area contributed by atoms with Gasteiger partial charge in [-0.3, -0.25) is 9.52 Å². The average molecular weight is 397 g/mol. The van der Waals surface area contributed by atoms with Crippen LogP contribution in [0, 0.1) is 0 Å². The minimum absolute atomic E-state index is 0.0202. The van der Waals surface area contributed by atoms with Crippen molar-refractivity contribution in [1.29, 1.82) is 0 Å². The van der Waals surface area contributed by atoms with Crippen LogP contribution >= 0.6 is 11.6 Å². The summed E-state index contributed by atoms with van der Waals surface area (Å²) in [5.41, 5.74) is 0.560. The zero-order chi connectivity index (χ0) is 19.3. The Morgan fingerprint density at radius 2 is 1.85 bits per heavy atom. The zero-order valence-corrected chi connectivity index (χ0v) is 16.3. The van der Waals surface area contributed by atoms with Gasteiger partial charge in [-0.15, -0.1) is 0 Å². The van der Waals surface area contributed by atoms with E-state index in [0.29, 0.717) is 11.3 Å². The molecule has 2 aromatic rings. The Bertz CT molecular complexity index is 883. The molecule has 0 aliphatic heterocycles. The van der Waals surface area contributed by atoms with Crippen molar-refractivity contribution in [2.45, 2.75) is 31.2 Å². The summed E-state index contributed by atoms with van der Waals surface area (Å²) >= 11 is 6.15. The van der Waals surface area contributed by atoms with Gasteiger partial charge in [-0.2, -0.15) is 0 Å². The number of ether oxygens (including phenoxy) is 1. The number of hydrogen-bond acceptors (Lipinski definition) is 4. The lowest BCUT2D eigenvalue weighted by atomic mass is 10.1. The van der Waals surface area contributed by atoms with Crippen LogP contribution in [0.15, 0.2) is 47.4 Å². The maximum atomic E-state index is 12.4. The van der Waals surface area contributed by atoms with Gasteiger partial charge in [0, 0.05) is 6.04 Å². The highest BCUT2D eigenvalue weighted by Gasteiger charge is 2.17. The molecule has 0 saturated carbocycles. The molecular formula is C18H21ClN2O4S. The van der Waals surface area contributed by atoms with E-state index < -0.39 is 10.0 Å². The van der Waals surface area contributed by atoms with Gasteiger partial charge in [0.2, 0.25) is 0 Å². The molecule has 0 aliphatic rings. The first kappa shape index (κ1) is 20.1. The summed E-state index contributed by atoms with van der Waals surface area (Å²) in [6.07, 6.45) is 0.795. The van der Waals surface area contributed by atoms with Crippen LogP contribution in [0.2, 0.25) is 5.02 Å². The summed E-state index contributed by atoms with van der Waals surface area (Å²) in [6.45, 7) is 3.85. The molecule has 2 rings (SSSR count). The van der Waals surface area contributed by atoms with E-state index in [4.69, 9.17) is 16.3 Å². The summed E-state index contributed by atoms with van der Waals surface area (Å²) < 4.78 is 32.3. The Kier molecular flexibility index (Phi) is 6.50. The van der Waals surface area contributed by atoms with Crippen molar-refractivity contribution in [1.82, 2.24) is 5.32 Å². The molecule has 0 spiro atoms. The van der Waals surface area contributed by atoms with Gasteiger partial charge in [-0.1, -0.05) is 18.5 Å². The number of carbonyl (C=O) groups excluding carboxylic acids is 1. The molecule has 0 radical (unpaired) electrons. The van der Waals surface area contributed by atoms with Gasteiger partial charge in [-0.05, 0) is 55.8 Å². The van der Waals surface area contributed by atoms with Crippen LogP contribution in [0.4, 0.5) is 5.69 Å². The van der Waals surface area contributed by atoms with Gasteiger partial charge in [0.1, 0.15) is 5.75 Å². The number of halogens is 1. The summed E-state index contributed by atoms with van der Waals surface area (Å²) in [4.78, 5) is 12.3. The molecule has 26 heavy (non-hydrogen) atoms. The number of rotatable bonds is 7. The quantitative estimate of drug-likeness (QED) is 0.747. The Labute approximate surface area is 158 Å². The maximum absolute atomic E-state index is 12.4. The number of methoxy groups -OCH3 is 1. The van der Waals surface area contributed by atoms with Crippen LogP contribution in [-0.4, -0.2) is 27.5 Å². The van der Waals surface area contributed by atoms with Crippen LogP contribution in [0.25, 0.3) is 0 Å². The second-order valence-corrected chi connectivity index (χ2v) is 7.85. The first-order valence-corrected chi connectivity index (χ1v) is 9.90. The molecule has 6 nitrogen and oxygen atoms in total. The van der Waals surface area contributed by atoms with Crippen LogP contribution in [0.3, 0.4) is 0 Å². The first-order valence-electron chi connectivity index (χ1n) is 8.04. The second kappa shape index (κ2) is 8.42. The molecule has 2 N–H and O–H groups in total. The number of benzene rings is 2. The molecule has 0 bridgehead atoms. The first-order chi connectivity index (χ1) is 12.3. The van der Waals surface area contributed by atoms with E-state index in [2.05, 4.69) is 10.0 Å². The summed E-state index contributed by atoms with van der Waals surface area (Å²) in [6, 6.07) is 10.4. The Balaban J connectivity index is 2.19. The van der Waals surface area contributed by atoms with E-state index in [0.717, 1.165) is 6.42 Å². The van der Waals surface area contributed by atoms with E-state index >= 15 is 0 Å². The van der Waals surface area contributed by atoms with E-state index in [1.54, 1.807) is 12.1 Å². The van der Waals surface area contributed by atoms with E-state index in [9.17, 15) is 13.2 Å². The van der Waals surface area contributed by atoms with E-state index in [1.807, 2.05) is 13.8 Å². The van der Waals surface area contributed by atoms with Crippen molar-refractivity contribution in [3.8, 4) is 5.75 Å². The highest BCUT2D eigenvalue weighted by atomic mass is 35.5. The topological polar surface area (TPSA) is 84.5 Å². The van der Waals surface area contributed by atoms with Gasteiger partial charge in [0.15, 0.2) is 0 Å². The molecule has 2 aromatic carbocycles. The minimum Gasteiger partial charge on any atom is -0.497 e. The van der Waals surface area contributed by atoms with Crippen LogP contribution in [-0.2, 0) is 10.0 Å². The summed E-state index contributed by atoms with van der Waals surface area (Å²) in [5, 5.41) is 2.98. The molecule has 8 heteroatoms. The van der Waals surface area contributed by atoms with Crippen molar-refractivity contribution >= 4 is 33.2 Å². The van der Waals surface area contributed by atoms with Crippen molar-refractivity contribution in [3.63, 3.8) is 0 Å². The summed E-state index contributed by atoms with van der Waals surface area (Å²) in [5.74, 6) is 0.262. The standard InChI is InChI=1S/C18H21ClN2O4S/c1-4-12(2)20-18(22)16-10-5-13(11-17(16)19)21-26(23,24)15-8-6-14(25-3)7-9-15/h5-12,21H,4H2,1-3H3,(H,20,22). The Hall–Kier alpha value is -2.25. The molecule has 0 fully saturated rings. The number of hydrogen-bond donors (Lipinski definition) is 2.